The number of halogens is 1. The number of phenolic OH excluding ortho intramolecular Hbond substituents is 1. The van der Waals surface area contributed by atoms with Gasteiger partial charge in [-0.3, -0.25) is 4.79 Å². The van der Waals surface area contributed by atoms with Gasteiger partial charge in [0.25, 0.3) is 0 Å². The van der Waals surface area contributed by atoms with Crippen molar-refractivity contribution in [2.75, 3.05) is 6.61 Å². The van der Waals surface area contributed by atoms with Crippen molar-refractivity contribution in [2.45, 2.75) is 31.5 Å². The molecule has 0 amide bonds. The summed E-state index contributed by atoms with van der Waals surface area (Å²) in [6.07, 6.45) is 0.188. The van der Waals surface area contributed by atoms with E-state index in [0.717, 1.165) is 0 Å². The molecule has 1 saturated carbocycles. The number of rotatable bonds is 9. The van der Waals surface area contributed by atoms with Crippen LogP contribution in [0.15, 0.2) is 65.7 Å². The van der Waals surface area contributed by atoms with Crippen LogP contribution in [0.2, 0.25) is 0 Å². The van der Waals surface area contributed by atoms with E-state index < -0.39 is 36.0 Å². The second kappa shape index (κ2) is 11.0. The Bertz CT molecular complexity index is 960. The number of phenols is 1. The lowest BCUT2D eigenvalue weighted by Gasteiger charge is -2.22. The summed E-state index contributed by atoms with van der Waals surface area (Å²) in [5.41, 5.74) is 0.372. The minimum Gasteiger partial charge on any atom is -0.508 e. The molecular weight excluding hydrogens is 436 g/mol. The molecule has 2 aromatic rings. The van der Waals surface area contributed by atoms with E-state index >= 15 is 0 Å². The van der Waals surface area contributed by atoms with Gasteiger partial charge in [0.1, 0.15) is 17.6 Å². The van der Waals surface area contributed by atoms with Crippen LogP contribution in [-0.2, 0) is 9.53 Å². The Hall–Kier alpha value is -3.03. The number of carbonyl (C=O) groups excluding carboxylic acids is 1. The minimum atomic E-state index is -1.05. The summed E-state index contributed by atoms with van der Waals surface area (Å²) in [4.78, 5) is 23.8. The molecule has 0 aliphatic heterocycles. The molecule has 170 valence electrons. The Kier molecular flexibility index (Phi) is 8.14. The van der Waals surface area contributed by atoms with Gasteiger partial charge in [0.05, 0.1) is 24.7 Å². The number of aromatic hydroxyl groups is 1. The van der Waals surface area contributed by atoms with Crippen molar-refractivity contribution >= 4 is 23.5 Å². The van der Waals surface area contributed by atoms with Crippen molar-refractivity contribution in [1.29, 1.82) is 0 Å². The Morgan fingerprint density at radius 2 is 1.88 bits per heavy atom. The van der Waals surface area contributed by atoms with Gasteiger partial charge in [-0.2, -0.15) is 0 Å². The monoisotopic (exact) mass is 460 g/mol. The quantitative estimate of drug-likeness (QED) is 0.485. The van der Waals surface area contributed by atoms with Crippen LogP contribution in [-0.4, -0.2) is 46.1 Å². The Labute approximate surface area is 190 Å². The van der Waals surface area contributed by atoms with E-state index in [2.05, 4.69) is 0 Å². The first-order chi connectivity index (χ1) is 15.3. The van der Waals surface area contributed by atoms with E-state index in [1.54, 1.807) is 48.5 Å². The van der Waals surface area contributed by atoms with Gasteiger partial charge in [-0.1, -0.05) is 41.9 Å². The zero-order chi connectivity index (χ0) is 23.1. The number of hydrogen-bond acceptors (Lipinski definition) is 6. The molecule has 1 aliphatic rings. The largest absolute Gasteiger partial charge is 0.508 e. The summed E-state index contributed by atoms with van der Waals surface area (Å²) in [6, 6.07) is 14.8. The molecule has 32 heavy (non-hydrogen) atoms. The van der Waals surface area contributed by atoms with Crippen LogP contribution in [0.5, 0.6) is 11.5 Å². The van der Waals surface area contributed by atoms with Crippen molar-refractivity contribution in [3.05, 3.63) is 71.3 Å². The van der Waals surface area contributed by atoms with Crippen LogP contribution >= 0.6 is 11.6 Å². The third kappa shape index (κ3) is 6.48. The molecule has 2 aromatic carbocycles. The predicted octanol–water partition coefficient (Wildman–Crippen LogP) is 3.98. The molecule has 0 spiro atoms. The highest BCUT2D eigenvalue weighted by Crippen LogP contribution is 2.39. The summed E-state index contributed by atoms with van der Waals surface area (Å²) in [7, 11) is 0. The van der Waals surface area contributed by atoms with Gasteiger partial charge < -0.3 is 24.8 Å². The van der Waals surface area contributed by atoms with Crippen molar-refractivity contribution < 1.29 is 34.4 Å². The first-order valence-electron chi connectivity index (χ1n) is 10.3. The second-order valence-corrected chi connectivity index (χ2v) is 8.15. The number of carboxylic acids is 1. The van der Waals surface area contributed by atoms with Crippen LogP contribution in [0.1, 0.15) is 29.6 Å². The molecule has 0 aromatic heterocycles. The van der Waals surface area contributed by atoms with Gasteiger partial charge in [-0.25, -0.2) is 4.79 Å². The standard InChI is InChI=1S/C24H25ClO7/c25-16(9-10-31-18-8-4-7-17(26)12-18)11-20-19(13-23(28)29)21(27)14-22(20)32-24(30)15-5-2-1-3-6-15/h1-8,11-12,19-22,26-27H,9-10,13-14H2,(H,28,29)/t19-,20-,21+,22+/m0/s1. The molecule has 1 aliphatic carbocycles. The molecule has 7 nitrogen and oxygen atoms in total. The maximum Gasteiger partial charge on any atom is 0.338 e. The average molecular weight is 461 g/mol. The van der Waals surface area contributed by atoms with Gasteiger partial charge in [0.2, 0.25) is 0 Å². The van der Waals surface area contributed by atoms with E-state index in [0.29, 0.717) is 22.8 Å². The molecular formula is C24H25ClO7. The Morgan fingerprint density at radius 1 is 1.12 bits per heavy atom. The van der Waals surface area contributed by atoms with Crippen LogP contribution in [0.25, 0.3) is 0 Å². The molecule has 0 heterocycles. The smallest absolute Gasteiger partial charge is 0.338 e. The number of aliphatic carboxylic acids is 1. The number of aliphatic hydroxyl groups is 1. The zero-order valence-corrected chi connectivity index (χ0v) is 18.0. The highest BCUT2D eigenvalue weighted by atomic mass is 35.5. The highest BCUT2D eigenvalue weighted by molar-refractivity contribution is 6.29. The Balaban J connectivity index is 1.69. The number of ether oxygens (including phenoxy) is 2. The summed E-state index contributed by atoms with van der Waals surface area (Å²) in [6.45, 7) is 0.228. The van der Waals surface area contributed by atoms with Gasteiger partial charge in [-0.15, -0.1) is 0 Å². The third-order valence-corrected chi connectivity index (χ3v) is 5.69. The van der Waals surface area contributed by atoms with Gasteiger partial charge in [-0.05, 0) is 24.3 Å². The van der Waals surface area contributed by atoms with Crippen molar-refractivity contribution in [3.8, 4) is 11.5 Å². The molecule has 4 atom stereocenters. The van der Waals surface area contributed by atoms with Crippen LogP contribution in [0.3, 0.4) is 0 Å². The molecule has 8 heteroatoms. The zero-order valence-electron chi connectivity index (χ0n) is 17.3. The van der Waals surface area contributed by atoms with Gasteiger partial charge >= 0.3 is 11.9 Å². The minimum absolute atomic E-state index is 0.0867. The average Bonchev–Trinajstić information content (AvgIpc) is 3.02. The molecule has 0 saturated heterocycles. The van der Waals surface area contributed by atoms with Crippen LogP contribution in [0.4, 0.5) is 0 Å². The van der Waals surface area contributed by atoms with Crippen molar-refractivity contribution in [2.24, 2.45) is 11.8 Å². The lowest BCUT2D eigenvalue weighted by Crippen LogP contribution is -2.26. The molecule has 3 N–H and O–H groups in total. The summed E-state index contributed by atoms with van der Waals surface area (Å²) < 4.78 is 11.2. The molecule has 3 rings (SSSR count). The SMILES string of the molecule is O=C(O)C[C@H]1[C@H](C=C(Cl)CCOc2cccc(O)c2)[C@H](OC(=O)c2ccccc2)C[C@H]1O. The number of carbonyl (C=O) groups is 2. The highest BCUT2D eigenvalue weighted by Gasteiger charge is 2.44. The summed E-state index contributed by atoms with van der Waals surface area (Å²) >= 11 is 6.39. The number of esters is 1. The number of benzene rings is 2. The number of aliphatic hydroxyl groups excluding tert-OH is 1. The van der Waals surface area contributed by atoms with Crippen LogP contribution in [0, 0.1) is 11.8 Å². The van der Waals surface area contributed by atoms with Crippen molar-refractivity contribution in [3.63, 3.8) is 0 Å². The van der Waals surface area contributed by atoms with E-state index in [9.17, 15) is 24.9 Å². The number of carboxylic acid groups (broad SMARTS) is 1. The summed E-state index contributed by atoms with van der Waals surface area (Å²) in [5.74, 6) is -2.21. The Morgan fingerprint density at radius 3 is 2.56 bits per heavy atom. The third-order valence-electron chi connectivity index (χ3n) is 5.37. The van der Waals surface area contributed by atoms with E-state index in [1.807, 2.05) is 0 Å². The normalized spacial score (nSPS) is 23.0. The van der Waals surface area contributed by atoms with Crippen LogP contribution < -0.4 is 4.74 Å². The fraction of sp³-hybridized carbons (Fsp3) is 0.333. The van der Waals surface area contributed by atoms with Gasteiger partial charge in [0, 0.05) is 35.8 Å². The first kappa shape index (κ1) is 23.6. The summed E-state index contributed by atoms with van der Waals surface area (Å²) in [5, 5.41) is 29.6. The molecule has 0 unspecified atom stereocenters. The molecule has 0 radical (unpaired) electrons. The maximum atomic E-state index is 12.5. The number of hydrogen-bond donors (Lipinski definition) is 3. The predicted molar refractivity (Wildman–Crippen MR) is 118 cm³/mol. The maximum absolute atomic E-state index is 12.5. The fourth-order valence-corrected chi connectivity index (χ4v) is 4.07. The molecule has 0 bridgehead atoms. The second-order valence-electron chi connectivity index (χ2n) is 7.66. The molecule has 1 fully saturated rings. The van der Waals surface area contributed by atoms with E-state index in [4.69, 9.17) is 21.1 Å². The van der Waals surface area contributed by atoms with Gasteiger partial charge in [0.15, 0.2) is 0 Å². The van der Waals surface area contributed by atoms with Crippen molar-refractivity contribution in [1.82, 2.24) is 0 Å². The van der Waals surface area contributed by atoms with E-state index in [1.165, 1.54) is 12.1 Å². The lowest BCUT2D eigenvalue weighted by atomic mass is 9.90. The lowest BCUT2D eigenvalue weighted by molar-refractivity contribution is -0.139. The fourth-order valence-electron chi connectivity index (χ4n) is 3.85. The first-order valence-corrected chi connectivity index (χ1v) is 10.6. The topological polar surface area (TPSA) is 113 Å². The van der Waals surface area contributed by atoms with E-state index in [-0.39, 0.29) is 25.2 Å².